The third-order valence-electron chi connectivity index (χ3n) is 4.73. The number of thiophene rings is 1. The number of carbonyl (C=O) groups is 1. The molecule has 16 heteroatoms. The first-order valence-corrected chi connectivity index (χ1v) is 21.3. The van der Waals surface area contributed by atoms with Gasteiger partial charge >= 0.3 is 240 Å². The van der Waals surface area contributed by atoms with Gasteiger partial charge in [-0.2, -0.15) is 0 Å². The number of hydrogen-bond donors (Lipinski definition) is 0. The van der Waals surface area contributed by atoms with Crippen LogP contribution < -0.4 is 9.47 Å². The molecule has 2 atom stereocenters. The van der Waals surface area contributed by atoms with Crippen molar-refractivity contribution in [2.75, 3.05) is 42.7 Å². The average Bonchev–Trinajstić information content (AvgIpc) is 3.29. The molecule has 0 N–H and O–H groups in total. The minimum absolute atomic E-state index is 0.00260. The Balaban J connectivity index is 2.74. The molecule has 1 aromatic heterocycles. The predicted octanol–water partition coefficient (Wildman–Crippen LogP) is 6.57. The standard InChI is InChI=1S/C22H30AsCl2F2O8PS2/c1-6-34-36(29,7-2)13-23(21(28)35-22(3,4)5)38(30,31)15-12-14-16(26)18(32-10-8-24)19(33-11-9-25)17(27)20(14)37-15/h12H,6-11,13H2,1-5H3. The van der Waals surface area contributed by atoms with Crippen molar-refractivity contribution in [2.45, 2.75) is 44.4 Å². The summed E-state index contributed by atoms with van der Waals surface area (Å²) in [5.41, 5.74) is -1.02. The maximum absolute atomic E-state index is 15.5. The SMILES string of the molecule is CCOP(=O)(CC)C[As](C(=O)OC(C)(C)C)S(=O)(=O)c1cc2c(F)c(OCCCl)c(OCCCl)c(F)c2s1. The van der Waals surface area contributed by atoms with Crippen LogP contribution in [0.2, 0.25) is 0 Å². The van der Waals surface area contributed by atoms with Crippen molar-refractivity contribution in [3.8, 4) is 11.5 Å². The zero-order valence-electron chi connectivity index (χ0n) is 21.5. The van der Waals surface area contributed by atoms with Gasteiger partial charge in [0.25, 0.3) is 0 Å². The number of carbonyl (C=O) groups excluding carboxylic acids is 1. The predicted molar refractivity (Wildman–Crippen MR) is 148 cm³/mol. The number of halogens is 4. The molecule has 2 rings (SSSR count). The molecule has 216 valence electrons. The number of ether oxygens (including phenoxy) is 3. The van der Waals surface area contributed by atoms with Gasteiger partial charge in [0.15, 0.2) is 0 Å². The molecule has 0 bridgehead atoms. The number of hydrogen-bond acceptors (Lipinski definition) is 9. The summed E-state index contributed by atoms with van der Waals surface area (Å²) in [6, 6.07) is 0.941. The molecule has 0 spiro atoms. The topological polar surface area (TPSA) is 105 Å². The Morgan fingerprint density at radius 3 is 2.11 bits per heavy atom. The molecule has 0 saturated heterocycles. The van der Waals surface area contributed by atoms with Crippen LogP contribution >= 0.6 is 41.9 Å². The van der Waals surface area contributed by atoms with E-state index < -0.39 is 71.6 Å². The van der Waals surface area contributed by atoms with Gasteiger partial charge in [-0.3, -0.25) is 0 Å². The Labute approximate surface area is 238 Å². The molecule has 38 heavy (non-hydrogen) atoms. The van der Waals surface area contributed by atoms with Crippen molar-refractivity contribution in [1.29, 1.82) is 0 Å². The van der Waals surface area contributed by atoms with Gasteiger partial charge in [-0.05, 0) is 0 Å². The van der Waals surface area contributed by atoms with Crippen LogP contribution in [0, 0.1) is 11.6 Å². The fraction of sp³-hybridized carbons (Fsp3) is 0.591. The van der Waals surface area contributed by atoms with Gasteiger partial charge in [0.05, 0.1) is 0 Å². The second kappa shape index (κ2) is 13.8. The molecular weight excluding hydrogens is 671 g/mol. The molecule has 0 radical (unpaired) electrons. The third kappa shape index (κ3) is 7.99. The number of rotatable bonds is 14. The van der Waals surface area contributed by atoms with E-state index in [1.807, 2.05) is 0 Å². The Morgan fingerprint density at radius 2 is 1.63 bits per heavy atom. The molecule has 0 amide bonds. The zero-order valence-corrected chi connectivity index (χ0v) is 27.4. The Kier molecular flexibility index (Phi) is 12.2. The fourth-order valence-electron chi connectivity index (χ4n) is 3.10. The minimum atomic E-state index is -4.51. The summed E-state index contributed by atoms with van der Waals surface area (Å²) in [4.78, 5) is 12.6. The molecule has 0 saturated carbocycles. The molecule has 0 aliphatic rings. The molecule has 0 fully saturated rings. The van der Waals surface area contributed by atoms with Gasteiger partial charge in [0.1, 0.15) is 0 Å². The molecule has 8 nitrogen and oxygen atoms in total. The van der Waals surface area contributed by atoms with Crippen LogP contribution in [0.15, 0.2) is 10.3 Å². The Hall–Kier alpha value is -0.612. The number of fused-ring (bicyclic) bond motifs is 1. The van der Waals surface area contributed by atoms with E-state index in [-0.39, 0.29) is 47.8 Å². The van der Waals surface area contributed by atoms with E-state index in [1.54, 1.807) is 34.6 Å². The fourth-order valence-corrected chi connectivity index (χ4v) is 24.1. The van der Waals surface area contributed by atoms with E-state index >= 15 is 8.78 Å². The van der Waals surface area contributed by atoms with Gasteiger partial charge in [0.2, 0.25) is 0 Å². The first kappa shape index (κ1) is 33.6. The van der Waals surface area contributed by atoms with E-state index in [9.17, 15) is 17.8 Å². The van der Waals surface area contributed by atoms with Crippen molar-refractivity contribution in [3.63, 3.8) is 0 Å². The van der Waals surface area contributed by atoms with Crippen LogP contribution in [0.4, 0.5) is 13.6 Å². The van der Waals surface area contributed by atoms with Crippen molar-refractivity contribution in [2.24, 2.45) is 0 Å². The van der Waals surface area contributed by atoms with E-state index in [2.05, 4.69) is 0 Å². The van der Waals surface area contributed by atoms with Crippen molar-refractivity contribution in [1.82, 2.24) is 0 Å². The summed E-state index contributed by atoms with van der Waals surface area (Å²) >= 11 is 7.80. The van der Waals surface area contributed by atoms with Gasteiger partial charge in [-0.1, -0.05) is 0 Å². The maximum atomic E-state index is 15.5. The van der Waals surface area contributed by atoms with E-state index in [1.165, 1.54) is 0 Å². The summed E-state index contributed by atoms with van der Waals surface area (Å²) in [6.07, 6.45) is 0.00260. The Morgan fingerprint density at radius 1 is 1.08 bits per heavy atom. The summed E-state index contributed by atoms with van der Waals surface area (Å²) in [5.74, 6) is -3.31. The molecule has 2 unspecified atom stereocenters. The molecular formula is C22H30AsCl2F2O8PS2. The Bertz CT molecular complexity index is 1250. The second-order valence-corrected chi connectivity index (χ2v) is 24.4. The monoisotopic (exact) mass is 700 g/mol. The summed E-state index contributed by atoms with van der Waals surface area (Å²) < 4.78 is 91.4. The number of alkyl halides is 2. The average molecular weight is 701 g/mol. The van der Waals surface area contributed by atoms with Gasteiger partial charge in [0, 0.05) is 0 Å². The van der Waals surface area contributed by atoms with Crippen molar-refractivity contribution >= 4 is 78.3 Å². The van der Waals surface area contributed by atoms with Gasteiger partial charge in [-0.25, -0.2) is 0 Å². The van der Waals surface area contributed by atoms with Crippen LogP contribution in [-0.2, 0) is 21.9 Å². The quantitative estimate of drug-likeness (QED) is 0.124. The molecule has 1 heterocycles. The molecule has 0 aliphatic heterocycles. The summed E-state index contributed by atoms with van der Waals surface area (Å²) in [7, 11) is -8.02. The third-order valence-corrected chi connectivity index (χ3v) is 24.1. The molecule has 0 aliphatic carbocycles. The second-order valence-electron chi connectivity index (χ2n) is 8.69. The summed E-state index contributed by atoms with van der Waals surface area (Å²) in [6.45, 7) is 7.59. The summed E-state index contributed by atoms with van der Waals surface area (Å²) in [5, 5.41) is -0.379. The van der Waals surface area contributed by atoms with Crippen LogP contribution in [0.5, 0.6) is 11.5 Å². The van der Waals surface area contributed by atoms with E-state index in [4.69, 9.17) is 41.9 Å². The van der Waals surface area contributed by atoms with Gasteiger partial charge < -0.3 is 0 Å². The molecule has 2 aromatic rings. The normalized spacial score (nSPS) is 14.8. The van der Waals surface area contributed by atoms with Crippen molar-refractivity contribution in [3.05, 3.63) is 17.7 Å². The van der Waals surface area contributed by atoms with Gasteiger partial charge in [-0.15, -0.1) is 0 Å². The van der Waals surface area contributed by atoms with Crippen molar-refractivity contribution < 1.29 is 45.3 Å². The van der Waals surface area contributed by atoms with E-state index in [0.29, 0.717) is 11.3 Å². The van der Waals surface area contributed by atoms with Crippen LogP contribution in [0.3, 0.4) is 0 Å². The number of benzene rings is 1. The zero-order chi connectivity index (χ0) is 28.9. The van der Waals surface area contributed by atoms with Crippen LogP contribution in [0.25, 0.3) is 10.1 Å². The van der Waals surface area contributed by atoms with Crippen LogP contribution in [0.1, 0.15) is 34.6 Å². The first-order chi connectivity index (χ1) is 17.7. The van der Waals surface area contributed by atoms with Crippen LogP contribution in [-0.4, -0.2) is 75.0 Å². The molecule has 1 aromatic carbocycles. The van der Waals surface area contributed by atoms with E-state index in [0.717, 1.165) is 6.07 Å². The first-order valence-electron chi connectivity index (χ1n) is 11.5.